The topological polar surface area (TPSA) is 41.9 Å². The fourth-order valence-electron chi connectivity index (χ4n) is 1.59. The zero-order valence-corrected chi connectivity index (χ0v) is 11.8. The van der Waals surface area contributed by atoms with Crippen molar-refractivity contribution in [3.8, 4) is 0 Å². The van der Waals surface area contributed by atoms with E-state index in [1.165, 1.54) is 0 Å². The summed E-state index contributed by atoms with van der Waals surface area (Å²) in [7, 11) is 3.74. The molecule has 1 aromatic carbocycles. The van der Waals surface area contributed by atoms with E-state index in [0.717, 1.165) is 11.3 Å². The third kappa shape index (κ3) is 2.46. The Labute approximate surface area is 114 Å². The number of benzene rings is 1. The number of aliphatic imine (C=N–C) groups is 1. The molecule has 0 amide bonds. The Balaban J connectivity index is 2.42. The molecule has 5 heteroatoms. The van der Waals surface area contributed by atoms with Gasteiger partial charge in [-0.2, -0.15) is 0 Å². The number of alkyl halides is 1. The molecule has 2 rings (SSSR count). The van der Waals surface area contributed by atoms with Gasteiger partial charge in [0, 0.05) is 25.0 Å². The van der Waals surface area contributed by atoms with Crippen LogP contribution in [0.1, 0.15) is 5.56 Å². The lowest BCUT2D eigenvalue weighted by Crippen LogP contribution is -2.16. The summed E-state index contributed by atoms with van der Waals surface area (Å²) in [5, 5.41) is 0.552. The van der Waals surface area contributed by atoms with Crippen molar-refractivity contribution in [2.75, 3.05) is 19.4 Å². The molecule has 4 nitrogen and oxygen atoms in total. The second-order valence-corrected chi connectivity index (χ2v) is 4.56. The van der Waals surface area contributed by atoms with Crippen molar-refractivity contribution in [3.63, 3.8) is 0 Å². The van der Waals surface area contributed by atoms with E-state index < -0.39 is 5.97 Å². The number of carbonyl (C=O) groups is 1. The normalized spacial score (nSPS) is 17.3. The molecule has 0 aliphatic carbocycles. The van der Waals surface area contributed by atoms with E-state index in [2.05, 4.69) is 20.9 Å². The highest BCUT2D eigenvalue weighted by Crippen LogP contribution is 2.21. The maximum Gasteiger partial charge on any atom is 0.365 e. The Morgan fingerprint density at radius 2 is 2.00 bits per heavy atom. The molecule has 94 valence electrons. The van der Waals surface area contributed by atoms with Crippen molar-refractivity contribution >= 4 is 27.8 Å². The Morgan fingerprint density at radius 3 is 2.56 bits per heavy atom. The number of cyclic esters (lactones) is 1. The zero-order valence-electron chi connectivity index (χ0n) is 10.2. The van der Waals surface area contributed by atoms with Gasteiger partial charge in [-0.3, -0.25) is 0 Å². The van der Waals surface area contributed by atoms with Crippen LogP contribution in [0.5, 0.6) is 0 Å². The maximum absolute atomic E-state index is 11.8. The van der Waals surface area contributed by atoms with Crippen LogP contribution in [-0.2, 0) is 9.53 Å². The van der Waals surface area contributed by atoms with Crippen molar-refractivity contribution in [2.45, 2.75) is 0 Å². The lowest BCUT2D eigenvalue weighted by molar-refractivity contribution is -0.130. The van der Waals surface area contributed by atoms with E-state index >= 15 is 0 Å². The SMILES string of the molecule is CN(C)/C(CBr)=C1/N=C(c2ccccc2)OC1=O. The molecule has 0 bridgehead atoms. The van der Waals surface area contributed by atoms with Gasteiger partial charge in [0.2, 0.25) is 5.90 Å². The van der Waals surface area contributed by atoms with Crippen LogP contribution in [-0.4, -0.2) is 36.2 Å². The number of halogens is 1. The molecular formula is C13H13BrN2O2. The molecule has 0 saturated carbocycles. The molecule has 1 aliphatic heterocycles. The minimum absolute atomic E-state index is 0.357. The van der Waals surface area contributed by atoms with E-state index in [1.54, 1.807) is 0 Å². The van der Waals surface area contributed by atoms with Gasteiger partial charge in [-0.05, 0) is 12.1 Å². The summed E-state index contributed by atoms with van der Waals surface area (Å²) in [6.07, 6.45) is 0. The molecule has 1 heterocycles. The summed E-state index contributed by atoms with van der Waals surface area (Å²) < 4.78 is 5.20. The number of ether oxygens (including phenoxy) is 1. The van der Waals surface area contributed by atoms with Crippen LogP contribution in [0.2, 0.25) is 0 Å². The van der Waals surface area contributed by atoms with Crippen molar-refractivity contribution in [2.24, 2.45) is 4.99 Å². The number of allylic oxidation sites excluding steroid dienone is 1. The first-order valence-electron chi connectivity index (χ1n) is 5.46. The second-order valence-electron chi connectivity index (χ2n) is 4.00. The highest BCUT2D eigenvalue weighted by molar-refractivity contribution is 9.09. The van der Waals surface area contributed by atoms with E-state index in [4.69, 9.17) is 4.74 Å². The van der Waals surface area contributed by atoms with E-state index in [0.29, 0.717) is 16.9 Å². The number of hydrogen-bond acceptors (Lipinski definition) is 4. The third-order valence-electron chi connectivity index (χ3n) is 2.56. The largest absolute Gasteiger partial charge is 0.402 e. The second kappa shape index (κ2) is 5.35. The third-order valence-corrected chi connectivity index (χ3v) is 3.09. The molecule has 0 aromatic heterocycles. The number of rotatable bonds is 3. The van der Waals surface area contributed by atoms with Crippen LogP contribution >= 0.6 is 15.9 Å². The zero-order chi connectivity index (χ0) is 13.1. The quantitative estimate of drug-likeness (QED) is 0.488. The molecule has 1 aromatic rings. The summed E-state index contributed by atoms with van der Waals surface area (Å²) >= 11 is 3.35. The van der Waals surface area contributed by atoms with E-state index in [1.807, 2.05) is 49.3 Å². The molecule has 18 heavy (non-hydrogen) atoms. The van der Waals surface area contributed by atoms with Gasteiger partial charge < -0.3 is 9.64 Å². The summed E-state index contributed by atoms with van der Waals surface area (Å²) in [5.74, 6) is -0.0482. The fourth-order valence-corrected chi connectivity index (χ4v) is 2.35. The van der Waals surface area contributed by atoms with Gasteiger partial charge in [0.25, 0.3) is 0 Å². The van der Waals surface area contributed by atoms with Gasteiger partial charge >= 0.3 is 5.97 Å². The van der Waals surface area contributed by atoms with Gasteiger partial charge in [0.1, 0.15) is 0 Å². The van der Waals surface area contributed by atoms with Crippen molar-refractivity contribution in [3.05, 3.63) is 47.3 Å². The first-order chi connectivity index (χ1) is 8.63. The molecular weight excluding hydrogens is 296 g/mol. The lowest BCUT2D eigenvalue weighted by atomic mass is 10.2. The standard InChI is InChI=1S/C13H13BrN2O2/c1-16(2)10(8-14)11-13(17)18-12(15-11)9-6-4-3-5-7-9/h3-7H,8H2,1-2H3/b11-10+. The fraction of sp³-hybridized carbons (Fsp3) is 0.231. The van der Waals surface area contributed by atoms with E-state index in [9.17, 15) is 4.79 Å². The van der Waals surface area contributed by atoms with Crippen LogP contribution in [0.15, 0.2) is 46.7 Å². The number of esters is 1. The number of hydrogen-bond donors (Lipinski definition) is 0. The minimum atomic E-state index is -0.406. The molecule has 0 saturated heterocycles. The number of carbonyl (C=O) groups excluding carboxylic acids is 1. The van der Waals surface area contributed by atoms with E-state index in [-0.39, 0.29) is 0 Å². The first kappa shape index (κ1) is 12.8. The minimum Gasteiger partial charge on any atom is -0.402 e. The number of nitrogens with zero attached hydrogens (tertiary/aromatic N) is 2. The lowest BCUT2D eigenvalue weighted by Gasteiger charge is -2.14. The van der Waals surface area contributed by atoms with Crippen LogP contribution in [0.3, 0.4) is 0 Å². The highest BCUT2D eigenvalue weighted by atomic mass is 79.9. The molecule has 0 atom stereocenters. The van der Waals surface area contributed by atoms with Crippen LogP contribution < -0.4 is 0 Å². The van der Waals surface area contributed by atoms with Crippen molar-refractivity contribution in [1.29, 1.82) is 0 Å². The first-order valence-corrected chi connectivity index (χ1v) is 6.58. The average Bonchev–Trinajstić information content (AvgIpc) is 2.73. The monoisotopic (exact) mass is 308 g/mol. The summed E-state index contributed by atoms with van der Waals surface area (Å²) in [4.78, 5) is 18.0. The van der Waals surface area contributed by atoms with Crippen molar-refractivity contribution < 1.29 is 9.53 Å². The Kier molecular flexibility index (Phi) is 3.81. The summed E-state index contributed by atoms with van der Waals surface area (Å²) in [6, 6.07) is 9.38. The van der Waals surface area contributed by atoms with Crippen LogP contribution in [0, 0.1) is 0 Å². The van der Waals surface area contributed by atoms with Gasteiger partial charge in [-0.1, -0.05) is 34.1 Å². The molecule has 0 fully saturated rings. The van der Waals surface area contributed by atoms with Crippen LogP contribution in [0.4, 0.5) is 0 Å². The Bertz CT molecular complexity index is 521. The highest BCUT2D eigenvalue weighted by Gasteiger charge is 2.27. The van der Waals surface area contributed by atoms with Crippen molar-refractivity contribution in [1.82, 2.24) is 4.90 Å². The van der Waals surface area contributed by atoms with Gasteiger partial charge in [-0.25, -0.2) is 9.79 Å². The summed E-state index contributed by atoms with van der Waals surface area (Å²) in [6.45, 7) is 0. The molecule has 0 unspecified atom stereocenters. The molecule has 0 N–H and O–H groups in total. The maximum atomic E-state index is 11.8. The average molecular weight is 309 g/mol. The Hall–Kier alpha value is -1.62. The van der Waals surface area contributed by atoms with Gasteiger partial charge in [-0.15, -0.1) is 0 Å². The molecule has 0 radical (unpaired) electrons. The predicted molar refractivity (Wildman–Crippen MR) is 73.6 cm³/mol. The molecule has 1 aliphatic rings. The smallest absolute Gasteiger partial charge is 0.365 e. The van der Waals surface area contributed by atoms with Crippen LogP contribution in [0.25, 0.3) is 0 Å². The van der Waals surface area contributed by atoms with Gasteiger partial charge in [0.15, 0.2) is 5.70 Å². The summed E-state index contributed by atoms with van der Waals surface area (Å²) in [5.41, 5.74) is 1.95. The molecule has 0 spiro atoms. The predicted octanol–water partition coefficient (Wildman–Crippen LogP) is 2.16. The Morgan fingerprint density at radius 1 is 1.33 bits per heavy atom. The van der Waals surface area contributed by atoms with Gasteiger partial charge in [0.05, 0.1) is 5.70 Å².